The molecule has 110 valence electrons. The first kappa shape index (κ1) is 17.0. The van der Waals surface area contributed by atoms with Gasteiger partial charge in [0.25, 0.3) is 0 Å². The molecule has 0 fully saturated rings. The Hall–Kier alpha value is -2.04. The molecule has 0 aliphatic carbocycles. The van der Waals surface area contributed by atoms with Crippen LogP contribution in [0, 0.1) is 12.8 Å². The lowest BCUT2D eigenvalue weighted by Crippen LogP contribution is -1.97. The summed E-state index contributed by atoms with van der Waals surface area (Å²) in [6.45, 7) is 2.18. The maximum Gasteiger partial charge on any atom is 0.0790 e. The normalized spacial score (nSPS) is 11.2. The van der Waals surface area contributed by atoms with Crippen LogP contribution in [0.2, 0.25) is 0 Å². The van der Waals surface area contributed by atoms with E-state index in [1.54, 1.807) is 0 Å². The zero-order chi connectivity index (χ0) is 15.5. The molecule has 0 bridgehead atoms. The fourth-order valence-electron chi connectivity index (χ4n) is 2.28. The van der Waals surface area contributed by atoms with Gasteiger partial charge in [-0.25, -0.2) is 0 Å². The topological polar surface area (TPSA) is 20.2 Å². The fraction of sp³-hybridized carbons (Fsp3) is 0.300. The minimum Gasteiger partial charge on any atom is -0.388 e. The van der Waals surface area contributed by atoms with E-state index in [1.807, 2.05) is 30.3 Å². The van der Waals surface area contributed by atoms with E-state index in [0.29, 0.717) is 0 Å². The van der Waals surface area contributed by atoms with Crippen LogP contribution in [0.15, 0.2) is 54.6 Å². The van der Waals surface area contributed by atoms with E-state index in [0.717, 1.165) is 18.4 Å². The zero-order valence-electron chi connectivity index (χ0n) is 12.7. The monoisotopic (exact) mass is 280 g/mol. The van der Waals surface area contributed by atoms with Gasteiger partial charge in [-0.3, -0.25) is 0 Å². The molecule has 2 rings (SSSR count). The van der Waals surface area contributed by atoms with Crippen molar-refractivity contribution in [2.45, 2.75) is 38.7 Å². The Morgan fingerprint density at radius 1 is 0.857 bits per heavy atom. The molecule has 0 saturated heterocycles. The Labute approximate surface area is 128 Å². The van der Waals surface area contributed by atoms with E-state index in [4.69, 9.17) is 0 Å². The molecular weight excluding hydrogens is 256 g/mol. The third-order valence-electron chi connectivity index (χ3n) is 3.48. The molecule has 0 aliphatic rings. The Morgan fingerprint density at radius 2 is 1.43 bits per heavy atom. The number of aliphatic hydroxyl groups excluding tert-OH is 1. The molecule has 0 radical (unpaired) electrons. The van der Waals surface area contributed by atoms with Crippen molar-refractivity contribution in [3.05, 3.63) is 60.2 Å². The molecule has 0 spiro atoms. The van der Waals surface area contributed by atoms with Gasteiger partial charge < -0.3 is 5.11 Å². The van der Waals surface area contributed by atoms with Crippen molar-refractivity contribution in [3.8, 4) is 24.0 Å². The van der Waals surface area contributed by atoms with E-state index < -0.39 is 0 Å². The summed E-state index contributed by atoms with van der Waals surface area (Å²) in [5.41, 5.74) is 3.44. The van der Waals surface area contributed by atoms with Gasteiger partial charge in [-0.05, 0) is 23.1 Å². The molecule has 21 heavy (non-hydrogen) atoms. The second-order valence-electron chi connectivity index (χ2n) is 5.00. The fourth-order valence-corrected chi connectivity index (χ4v) is 2.28. The first-order valence-electron chi connectivity index (χ1n) is 7.48. The highest BCUT2D eigenvalue weighted by molar-refractivity contribution is 5.63. The van der Waals surface area contributed by atoms with Crippen LogP contribution in [0.4, 0.5) is 0 Å². The Morgan fingerprint density at radius 3 is 2.00 bits per heavy atom. The molecule has 0 aromatic heterocycles. The van der Waals surface area contributed by atoms with Crippen LogP contribution < -0.4 is 0 Å². The number of benzene rings is 2. The van der Waals surface area contributed by atoms with Gasteiger partial charge in [0.1, 0.15) is 0 Å². The summed E-state index contributed by atoms with van der Waals surface area (Å²) in [6.07, 6.45) is 12.0. The summed E-state index contributed by atoms with van der Waals surface area (Å²) in [6, 6.07) is 18.6. The van der Waals surface area contributed by atoms with Crippen LogP contribution >= 0.6 is 0 Å². The Kier molecular flexibility index (Phi) is 7.94. The van der Waals surface area contributed by atoms with Crippen molar-refractivity contribution in [2.24, 2.45) is 0 Å². The van der Waals surface area contributed by atoms with E-state index in [9.17, 15) is 5.11 Å². The second-order valence-corrected chi connectivity index (χ2v) is 5.00. The number of terminal acetylenes is 1. The van der Waals surface area contributed by atoms with Gasteiger partial charge in [0.15, 0.2) is 0 Å². The first-order valence-corrected chi connectivity index (χ1v) is 7.48. The van der Waals surface area contributed by atoms with Gasteiger partial charge in [0.2, 0.25) is 0 Å². The number of unbranched alkanes of at least 4 members (excludes halogenated alkanes) is 2. The number of rotatable bonds is 6. The number of hydrogen-bond donors (Lipinski definition) is 1. The summed E-state index contributed by atoms with van der Waals surface area (Å²) < 4.78 is 0. The third kappa shape index (κ3) is 5.45. The standard InChI is InChI=1S/C18H22O.C2H2/c1-2-3-5-10-18(19)17-13-11-16(12-14-17)15-8-6-4-7-9-15;1-2/h4,6-9,11-14,18-19H,2-3,5,10H2,1H3;1-2H. The maximum absolute atomic E-state index is 10.1. The number of hydrogen-bond acceptors (Lipinski definition) is 1. The SMILES string of the molecule is C#C.CCCCCC(O)c1ccc(-c2ccccc2)cc1. The van der Waals surface area contributed by atoms with Crippen molar-refractivity contribution < 1.29 is 5.11 Å². The van der Waals surface area contributed by atoms with Gasteiger partial charge in [-0.15, -0.1) is 12.8 Å². The minimum atomic E-state index is -0.323. The molecule has 0 heterocycles. The largest absolute Gasteiger partial charge is 0.388 e. The summed E-state index contributed by atoms with van der Waals surface area (Å²) in [5.74, 6) is 0. The highest BCUT2D eigenvalue weighted by Crippen LogP contribution is 2.24. The average Bonchev–Trinajstić information content (AvgIpc) is 2.58. The van der Waals surface area contributed by atoms with Crippen LogP contribution in [-0.2, 0) is 0 Å². The summed E-state index contributed by atoms with van der Waals surface area (Å²) >= 11 is 0. The molecule has 0 saturated carbocycles. The quantitative estimate of drug-likeness (QED) is 0.568. The molecule has 2 aromatic carbocycles. The Balaban J connectivity index is 0.00000106. The van der Waals surface area contributed by atoms with Crippen molar-refractivity contribution in [3.63, 3.8) is 0 Å². The van der Waals surface area contributed by atoms with Crippen molar-refractivity contribution in [2.75, 3.05) is 0 Å². The molecule has 1 atom stereocenters. The highest BCUT2D eigenvalue weighted by atomic mass is 16.3. The third-order valence-corrected chi connectivity index (χ3v) is 3.48. The number of aliphatic hydroxyl groups is 1. The van der Waals surface area contributed by atoms with Gasteiger partial charge in [-0.2, -0.15) is 0 Å². The van der Waals surface area contributed by atoms with Crippen LogP contribution in [0.3, 0.4) is 0 Å². The summed E-state index contributed by atoms with van der Waals surface area (Å²) in [5, 5.41) is 10.1. The van der Waals surface area contributed by atoms with E-state index >= 15 is 0 Å². The van der Waals surface area contributed by atoms with Crippen LogP contribution in [-0.4, -0.2) is 5.11 Å². The lowest BCUT2D eigenvalue weighted by molar-refractivity contribution is 0.163. The summed E-state index contributed by atoms with van der Waals surface area (Å²) in [4.78, 5) is 0. The molecule has 2 aromatic rings. The molecule has 1 N–H and O–H groups in total. The zero-order valence-corrected chi connectivity index (χ0v) is 12.7. The smallest absolute Gasteiger partial charge is 0.0790 e. The maximum atomic E-state index is 10.1. The predicted octanol–water partition coefficient (Wildman–Crippen LogP) is 5.22. The first-order chi connectivity index (χ1) is 10.3. The molecule has 1 nitrogen and oxygen atoms in total. The van der Waals surface area contributed by atoms with Crippen LogP contribution in [0.25, 0.3) is 11.1 Å². The Bertz CT molecular complexity index is 511. The molecule has 0 aliphatic heterocycles. The van der Waals surface area contributed by atoms with Gasteiger partial charge >= 0.3 is 0 Å². The lowest BCUT2D eigenvalue weighted by atomic mass is 9.99. The molecule has 1 unspecified atom stereocenters. The predicted molar refractivity (Wildman–Crippen MR) is 90.9 cm³/mol. The lowest BCUT2D eigenvalue weighted by Gasteiger charge is -2.11. The minimum absolute atomic E-state index is 0.323. The average molecular weight is 280 g/mol. The van der Waals surface area contributed by atoms with Crippen LogP contribution in [0.5, 0.6) is 0 Å². The van der Waals surface area contributed by atoms with Gasteiger partial charge in [0, 0.05) is 0 Å². The highest BCUT2D eigenvalue weighted by Gasteiger charge is 2.07. The molecule has 1 heteroatoms. The van der Waals surface area contributed by atoms with Gasteiger partial charge in [0.05, 0.1) is 6.10 Å². The van der Waals surface area contributed by atoms with E-state index in [-0.39, 0.29) is 6.10 Å². The molecule has 0 amide bonds. The molecular formula is C20H24O. The van der Waals surface area contributed by atoms with Crippen molar-refractivity contribution in [1.29, 1.82) is 0 Å². The van der Waals surface area contributed by atoms with Crippen LogP contribution in [0.1, 0.15) is 44.3 Å². The van der Waals surface area contributed by atoms with Gasteiger partial charge in [-0.1, -0.05) is 80.8 Å². The van der Waals surface area contributed by atoms with E-state index in [1.165, 1.54) is 24.0 Å². The second kappa shape index (κ2) is 9.80. The van der Waals surface area contributed by atoms with Crippen molar-refractivity contribution >= 4 is 0 Å². The summed E-state index contributed by atoms with van der Waals surface area (Å²) in [7, 11) is 0. The van der Waals surface area contributed by atoms with Crippen molar-refractivity contribution in [1.82, 2.24) is 0 Å². The van der Waals surface area contributed by atoms with E-state index in [2.05, 4.69) is 44.0 Å².